The monoisotopic (exact) mass is 207 g/mol. The Balaban J connectivity index is 2.46. The molecule has 0 atom stereocenters. The Morgan fingerprint density at radius 3 is 2.53 bits per heavy atom. The Labute approximate surface area is 90.2 Å². The molecule has 0 bridgehead atoms. The van der Waals surface area contributed by atoms with E-state index in [4.69, 9.17) is 10.5 Å². The van der Waals surface area contributed by atoms with Gasteiger partial charge in [-0.3, -0.25) is 4.79 Å². The molecule has 1 aromatic rings. The van der Waals surface area contributed by atoms with E-state index in [0.29, 0.717) is 18.7 Å². The van der Waals surface area contributed by atoms with Crippen LogP contribution in [0.1, 0.15) is 31.7 Å². The SMILES string of the molecule is CCCCC(=O)Oc1ccc(CN)cc1. The normalized spacial score (nSPS) is 10.0. The van der Waals surface area contributed by atoms with Crippen molar-refractivity contribution < 1.29 is 9.53 Å². The second-order valence-electron chi connectivity index (χ2n) is 3.43. The highest BCUT2D eigenvalue weighted by molar-refractivity contribution is 5.72. The molecule has 3 heteroatoms. The van der Waals surface area contributed by atoms with E-state index in [1.54, 1.807) is 12.1 Å². The Morgan fingerprint density at radius 1 is 1.33 bits per heavy atom. The quantitative estimate of drug-likeness (QED) is 0.595. The van der Waals surface area contributed by atoms with Gasteiger partial charge in [0.1, 0.15) is 5.75 Å². The third kappa shape index (κ3) is 4.13. The van der Waals surface area contributed by atoms with Gasteiger partial charge < -0.3 is 10.5 Å². The van der Waals surface area contributed by atoms with Gasteiger partial charge in [-0.1, -0.05) is 25.5 Å². The minimum absolute atomic E-state index is 0.169. The predicted octanol–water partition coefficient (Wildman–Crippen LogP) is 2.24. The summed E-state index contributed by atoms with van der Waals surface area (Å²) in [6, 6.07) is 7.27. The fourth-order valence-corrected chi connectivity index (χ4v) is 1.20. The molecule has 15 heavy (non-hydrogen) atoms. The number of benzene rings is 1. The van der Waals surface area contributed by atoms with Crippen LogP contribution in [-0.2, 0) is 11.3 Å². The number of ether oxygens (including phenoxy) is 1. The molecule has 0 spiro atoms. The first-order valence-corrected chi connectivity index (χ1v) is 5.26. The predicted molar refractivity (Wildman–Crippen MR) is 59.5 cm³/mol. The summed E-state index contributed by atoms with van der Waals surface area (Å²) >= 11 is 0. The van der Waals surface area contributed by atoms with Gasteiger partial charge in [-0.2, -0.15) is 0 Å². The lowest BCUT2D eigenvalue weighted by molar-refractivity contribution is -0.134. The maximum absolute atomic E-state index is 11.3. The molecule has 0 heterocycles. The summed E-state index contributed by atoms with van der Waals surface area (Å²) in [5.74, 6) is 0.422. The smallest absolute Gasteiger partial charge is 0.311 e. The maximum Gasteiger partial charge on any atom is 0.311 e. The summed E-state index contributed by atoms with van der Waals surface area (Å²) in [4.78, 5) is 11.3. The number of hydrogen-bond acceptors (Lipinski definition) is 3. The van der Waals surface area contributed by atoms with Gasteiger partial charge in [-0.15, -0.1) is 0 Å². The largest absolute Gasteiger partial charge is 0.427 e. The number of esters is 1. The summed E-state index contributed by atoms with van der Waals surface area (Å²) < 4.78 is 5.14. The van der Waals surface area contributed by atoms with E-state index in [9.17, 15) is 4.79 Å². The van der Waals surface area contributed by atoms with Crippen LogP contribution in [0.2, 0.25) is 0 Å². The van der Waals surface area contributed by atoms with Gasteiger partial charge in [0.05, 0.1) is 0 Å². The average Bonchev–Trinajstić information content (AvgIpc) is 2.27. The van der Waals surface area contributed by atoms with Gasteiger partial charge in [0.15, 0.2) is 0 Å². The Hall–Kier alpha value is -1.35. The number of rotatable bonds is 5. The van der Waals surface area contributed by atoms with Crippen LogP contribution in [0.15, 0.2) is 24.3 Å². The lowest BCUT2D eigenvalue weighted by atomic mass is 10.2. The van der Waals surface area contributed by atoms with E-state index >= 15 is 0 Å². The molecule has 82 valence electrons. The molecule has 1 aromatic carbocycles. The maximum atomic E-state index is 11.3. The van der Waals surface area contributed by atoms with Crippen LogP contribution in [-0.4, -0.2) is 5.97 Å². The molecule has 0 radical (unpaired) electrons. The molecule has 0 aromatic heterocycles. The van der Waals surface area contributed by atoms with Crippen LogP contribution in [0.5, 0.6) is 5.75 Å². The van der Waals surface area contributed by atoms with Crippen LogP contribution in [0.4, 0.5) is 0 Å². The minimum Gasteiger partial charge on any atom is -0.427 e. The molecule has 1 rings (SSSR count). The molecule has 0 fully saturated rings. The highest BCUT2D eigenvalue weighted by Gasteiger charge is 2.03. The molecular weight excluding hydrogens is 190 g/mol. The lowest BCUT2D eigenvalue weighted by Gasteiger charge is -2.04. The molecular formula is C12H17NO2. The van der Waals surface area contributed by atoms with Crippen LogP contribution in [0.25, 0.3) is 0 Å². The summed E-state index contributed by atoms with van der Waals surface area (Å²) in [6.45, 7) is 2.55. The third-order valence-electron chi connectivity index (χ3n) is 2.13. The average molecular weight is 207 g/mol. The minimum atomic E-state index is -0.169. The van der Waals surface area contributed by atoms with Crippen molar-refractivity contribution in [3.63, 3.8) is 0 Å². The Kier molecular flexibility index (Phi) is 4.84. The lowest BCUT2D eigenvalue weighted by Crippen LogP contribution is -2.07. The van der Waals surface area contributed by atoms with Crippen molar-refractivity contribution in [3.8, 4) is 5.75 Å². The van der Waals surface area contributed by atoms with E-state index in [2.05, 4.69) is 0 Å². The molecule has 0 saturated carbocycles. The molecule has 0 aliphatic carbocycles. The molecule has 0 aliphatic rings. The zero-order valence-corrected chi connectivity index (χ0v) is 9.03. The molecule has 0 aliphatic heterocycles. The first-order valence-electron chi connectivity index (χ1n) is 5.26. The second kappa shape index (κ2) is 6.19. The number of nitrogens with two attached hydrogens (primary N) is 1. The van der Waals surface area contributed by atoms with Crippen LogP contribution in [0, 0.1) is 0 Å². The summed E-state index contributed by atoms with van der Waals surface area (Å²) in [5, 5.41) is 0. The Bertz CT molecular complexity index is 306. The van der Waals surface area contributed by atoms with Crippen molar-refractivity contribution in [3.05, 3.63) is 29.8 Å². The highest BCUT2D eigenvalue weighted by Crippen LogP contribution is 2.13. The van der Waals surface area contributed by atoms with Crippen molar-refractivity contribution >= 4 is 5.97 Å². The van der Waals surface area contributed by atoms with Gasteiger partial charge in [0, 0.05) is 13.0 Å². The molecule has 3 nitrogen and oxygen atoms in total. The molecule has 0 unspecified atom stereocenters. The third-order valence-corrected chi connectivity index (χ3v) is 2.13. The first kappa shape index (κ1) is 11.7. The van der Waals surface area contributed by atoms with Crippen LogP contribution in [0.3, 0.4) is 0 Å². The van der Waals surface area contributed by atoms with Gasteiger partial charge in [0.2, 0.25) is 0 Å². The van der Waals surface area contributed by atoms with Crippen molar-refractivity contribution in [2.24, 2.45) is 5.73 Å². The van der Waals surface area contributed by atoms with Crippen LogP contribution < -0.4 is 10.5 Å². The van der Waals surface area contributed by atoms with Gasteiger partial charge >= 0.3 is 5.97 Å². The number of hydrogen-bond donors (Lipinski definition) is 1. The van der Waals surface area contributed by atoms with E-state index in [1.165, 1.54) is 0 Å². The highest BCUT2D eigenvalue weighted by atomic mass is 16.5. The van der Waals surface area contributed by atoms with Gasteiger partial charge in [-0.05, 0) is 24.1 Å². The summed E-state index contributed by atoms with van der Waals surface area (Å²) in [6.07, 6.45) is 2.36. The summed E-state index contributed by atoms with van der Waals surface area (Å²) in [7, 11) is 0. The first-order chi connectivity index (χ1) is 7.26. The van der Waals surface area contributed by atoms with Crippen molar-refractivity contribution in [2.45, 2.75) is 32.7 Å². The second-order valence-corrected chi connectivity index (χ2v) is 3.43. The molecule has 2 N–H and O–H groups in total. The molecule has 0 amide bonds. The zero-order valence-electron chi connectivity index (χ0n) is 9.03. The van der Waals surface area contributed by atoms with E-state index in [-0.39, 0.29) is 5.97 Å². The fraction of sp³-hybridized carbons (Fsp3) is 0.417. The summed E-state index contributed by atoms with van der Waals surface area (Å²) in [5.41, 5.74) is 6.49. The Morgan fingerprint density at radius 2 is 2.00 bits per heavy atom. The fourth-order valence-electron chi connectivity index (χ4n) is 1.20. The number of unbranched alkanes of at least 4 members (excludes halogenated alkanes) is 1. The van der Waals surface area contributed by atoms with Crippen molar-refractivity contribution in [1.82, 2.24) is 0 Å². The number of carbonyl (C=O) groups is 1. The van der Waals surface area contributed by atoms with E-state index in [0.717, 1.165) is 18.4 Å². The van der Waals surface area contributed by atoms with Crippen LogP contribution >= 0.6 is 0 Å². The van der Waals surface area contributed by atoms with E-state index < -0.39 is 0 Å². The van der Waals surface area contributed by atoms with Gasteiger partial charge in [-0.25, -0.2) is 0 Å². The van der Waals surface area contributed by atoms with Gasteiger partial charge in [0.25, 0.3) is 0 Å². The molecule has 0 saturated heterocycles. The number of carbonyl (C=O) groups excluding carboxylic acids is 1. The van der Waals surface area contributed by atoms with Crippen molar-refractivity contribution in [2.75, 3.05) is 0 Å². The van der Waals surface area contributed by atoms with E-state index in [1.807, 2.05) is 19.1 Å². The van der Waals surface area contributed by atoms with Crippen molar-refractivity contribution in [1.29, 1.82) is 0 Å². The topological polar surface area (TPSA) is 52.3 Å². The standard InChI is InChI=1S/C12H17NO2/c1-2-3-4-12(14)15-11-7-5-10(9-13)6-8-11/h5-8H,2-4,9,13H2,1H3. The zero-order chi connectivity index (χ0) is 11.1.